The molecule has 5 rings (SSSR count). The molecule has 0 bridgehead atoms. The molecule has 36 heavy (non-hydrogen) atoms. The van der Waals surface area contributed by atoms with Crippen LogP contribution in [0.4, 0.5) is 0 Å². The molecule has 2 heterocycles. The minimum absolute atomic E-state index is 0.00631. The lowest BCUT2D eigenvalue weighted by molar-refractivity contribution is -0.140. The van der Waals surface area contributed by atoms with E-state index >= 15 is 0 Å². The number of amides is 1. The van der Waals surface area contributed by atoms with Gasteiger partial charge in [-0.25, -0.2) is 0 Å². The van der Waals surface area contributed by atoms with Crippen LogP contribution in [0, 0.1) is 0 Å². The van der Waals surface area contributed by atoms with E-state index in [1.165, 1.54) is 4.90 Å². The minimum Gasteiger partial charge on any atom is -0.507 e. The first-order chi connectivity index (χ1) is 17.5. The van der Waals surface area contributed by atoms with Gasteiger partial charge >= 0.3 is 0 Å². The maximum absolute atomic E-state index is 13.3. The van der Waals surface area contributed by atoms with Gasteiger partial charge in [0.25, 0.3) is 11.7 Å². The summed E-state index contributed by atoms with van der Waals surface area (Å²) in [5.41, 5.74) is 1.77. The zero-order chi connectivity index (χ0) is 25.1. The number of Topliss-reactive ketones (excluding diaryl/α,β-unsaturated/α-hetero) is 1. The van der Waals surface area contributed by atoms with E-state index in [-0.39, 0.29) is 17.9 Å². The lowest BCUT2D eigenvalue weighted by Gasteiger charge is -2.25. The fraction of sp³-hybridized carbons (Fsp3) is 0.0690. The molecule has 1 aliphatic rings. The molecule has 1 N–H and O–H groups in total. The zero-order valence-electron chi connectivity index (χ0n) is 19.0. The second-order valence-corrected chi connectivity index (χ2v) is 8.72. The van der Waals surface area contributed by atoms with Crippen molar-refractivity contribution in [1.82, 2.24) is 9.88 Å². The Morgan fingerprint density at radius 3 is 2.36 bits per heavy atom. The summed E-state index contributed by atoms with van der Waals surface area (Å²) in [6, 6.07) is 25.7. The Kier molecular flexibility index (Phi) is 6.52. The molecule has 6 nitrogen and oxygen atoms in total. The molecule has 0 spiro atoms. The van der Waals surface area contributed by atoms with Crippen molar-refractivity contribution >= 4 is 29.1 Å². The van der Waals surface area contributed by atoms with Gasteiger partial charge in [-0.05, 0) is 59.7 Å². The SMILES string of the molecule is O=C1C(=O)N(Cc2ccncc2)C(c2cccc(Oc3ccccc3)c2)/C1=C(/O)c1cccc(Cl)c1. The largest absolute Gasteiger partial charge is 0.507 e. The van der Waals surface area contributed by atoms with Crippen molar-refractivity contribution < 1.29 is 19.4 Å². The van der Waals surface area contributed by atoms with Crippen molar-refractivity contribution in [3.8, 4) is 11.5 Å². The Bertz CT molecular complexity index is 1450. The lowest BCUT2D eigenvalue weighted by atomic mass is 9.95. The third-order valence-corrected chi connectivity index (χ3v) is 6.13. The van der Waals surface area contributed by atoms with E-state index in [0.29, 0.717) is 27.6 Å². The van der Waals surface area contributed by atoms with Gasteiger partial charge in [0, 0.05) is 29.5 Å². The number of pyridine rings is 1. The lowest BCUT2D eigenvalue weighted by Crippen LogP contribution is -2.29. The summed E-state index contributed by atoms with van der Waals surface area (Å²) in [6.45, 7) is 0.161. The standard InChI is InChI=1S/C29H21ClN2O4/c30-22-8-4-7-21(16-22)27(33)25-26(32(29(35)28(25)34)18-19-12-14-31-15-13-19)20-6-5-11-24(17-20)36-23-9-2-1-3-10-23/h1-17,26,33H,18H2/b27-25-. The monoisotopic (exact) mass is 496 g/mol. The van der Waals surface area contributed by atoms with Gasteiger partial charge in [-0.3, -0.25) is 14.6 Å². The van der Waals surface area contributed by atoms with E-state index in [0.717, 1.165) is 5.56 Å². The molecular weight excluding hydrogens is 476 g/mol. The zero-order valence-corrected chi connectivity index (χ0v) is 19.8. The molecule has 1 atom stereocenters. The summed E-state index contributed by atoms with van der Waals surface area (Å²) in [4.78, 5) is 32.0. The number of carbonyl (C=O) groups excluding carboxylic acids is 2. The highest BCUT2D eigenvalue weighted by Crippen LogP contribution is 2.41. The number of likely N-dealkylation sites (tertiary alicyclic amines) is 1. The first kappa shape index (κ1) is 23.3. The van der Waals surface area contributed by atoms with Crippen LogP contribution in [0.25, 0.3) is 5.76 Å². The van der Waals surface area contributed by atoms with Crippen molar-refractivity contribution in [3.05, 3.63) is 131 Å². The van der Waals surface area contributed by atoms with E-state index in [9.17, 15) is 14.7 Å². The van der Waals surface area contributed by atoms with Crippen LogP contribution in [0.3, 0.4) is 0 Å². The molecule has 178 valence electrons. The number of carbonyl (C=O) groups is 2. The van der Waals surface area contributed by atoms with Gasteiger partial charge in [-0.15, -0.1) is 0 Å². The van der Waals surface area contributed by atoms with Crippen LogP contribution in [0.5, 0.6) is 11.5 Å². The predicted molar refractivity (Wildman–Crippen MR) is 136 cm³/mol. The van der Waals surface area contributed by atoms with Gasteiger partial charge in [0.05, 0.1) is 11.6 Å². The molecular formula is C29H21ClN2O4. The van der Waals surface area contributed by atoms with Crippen LogP contribution >= 0.6 is 11.6 Å². The third kappa shape index (κ3) is 4.72. The number of rotatable bonds is 6. The van der Waals surface area contributed by atoms with Gasteiger partial charge in [0.1, 0.15) is 17.3 Å². The first-order valence-corrected chi connectivity index (χ1v) is 11.6. The Morgan fingerprint density at radius 1 is 0.889 bits per heavy atom. The normalized spacial score (nSPS) is 16.8. The van der Waals surface area contributed by atoms with Gasteiger partial charge < -0.3 is 14.7 Å². The van der Waals surface area contributed by atoms with Crippen LogP contribution in [0.1, 0.15) is 22.7 Å². The maximum Gasteiger partial charge on any atom is 0.295 e. The number of benzene rings is 3. The number of hydrogen-bond acceptors (Lipinski definition) is 5. The molecule has 1 fully saturated rings. The first-order valence-electron chi connectivity index (χ1n) is 11.3. The van der Waals surface area contributed by atoms with Gasteiger partial charge in [-0.1, -0.05) is 54.1 Å². The average Bonchev–Trinajstić information content (AvgIpc) is 3.14. The van der Waals surface area contributed by atoms with E-state index in [4.69, 9.17) is 16.3 Å². The van der Waals surface area contributed by atoms with Crippen molar-refractivity contribution in [2.75, 3.05) is 0 Å². The van der Waals surface area contributed by atoms with Crippen LogP contribution in [0.2, 0.25) is 5.02 Å². The molecule has 0 saturated carbocycles. The molecule has 0 radical (unpaired) electrons. The van der Waals surface area contributed by atoms with Crippen LogP contribution in [0.15, 0.2) is 109 Å². The summed E-state index contributed by atoms with van der Waals surface area (Å²) in [7, 11) is 0. The fourth-order valence-electron chi connectivity index (χ4n) is 4.24. The number of ether oxygens (including phenoxy) is 1. The highest BCUT2D eigenvalue weighted by Gasteiger charge is 2.46. The smallest absolute Gasteiger partial charge is 0.295 e. The maximum atomic E-state index is 13.3. The molecule has 1 aromatic heterocycles. The van der Waals surface area contributed by atoms with Gasteiger partial charge in [-0.2, -0.15) is 0 Å². The minimum atomic E-state index is -0.837. The van der Waals surface area contributed by atoms with Crippen LogP contribution in [-0.4, -0.2) is 26.7 Å². The highest BCUT2D eigenvalue weighted by molar-refractivity contribution is 6.46. The Morgan fingerprint density at radius 2 is 1.61 bits per heavy atom. The summed E-state index contributed by atoms with van der Waals surface area (Å²) in [6.07, 6.45) is 3.25. The van der Waals surface area contributed by atoms with Crippen LogP contribution in [-0.2, 0) is 16.1 Å². The molecule has 1 saturated heterocycles. The van der Waals surface area contributed by atoms with E-state index < -0.39 is 17.7 Å². The van der Waals surface area contributed by atoms with Gasteiger partial charge in [0.2, 0.25) is 0 Å². The van der Waals surface area contributed by atoms with Crippen LogP contribution < -0.4 is 4.74 Å². The molecule has 1 amide bonds. The summed E-state index contributed by atoms with van der Waals surface area (Å²) in [5, 5.41) is 11.6. The van der Waals surface area contributed by atoms with E-state index in [2.05, 4.69) is 4.98 Å². The number of ketones is 1. The van der Waals surface area contributed by atoms with Crippen molar-refractivity contribution in [2.24, 2.45) is 0 Å². The van der Waals surface area contributed by atoms with Crippen molar-refractivity contribution in [3.63, 3.8) is 0 Å². The average molecular weight is 497 g/mol. The number of para-hydroxylation sites is 1. The highest BCUT2D eigenvalue weighted by atomic mass is 35.5. The number of aliphatic hydroxyl groups is 1. The summed E-state index contributed by atoms with van der Waals surface area (Å²) < 4.78 is 5.99. The number of halogens is 1. The van der Waals surface area contributed by atoms with Crippen molar-refractivity contribution in [2.45, 2.75) is 12.6 Å². The number of aromatic nitrogens is 1. The number of nitrogens with zero attached hydrogens (tertiary/aromatic N) is 2. The van der Waals surface area contributed by atoms with E-state index in [1.807, 2.05) is 30.3 Å². The Hall–Kier alpha value is -4.42. The Balaban J connectivity index is 1.62. The third-order valence-electron chi connectivity index (χ3n) is 5.89. The number of aliphatic hydroxyl groups excluding tert-OH is 1. The van der Waals surface area contributed by atoms with E-state index in [1.54, 1.807) is 73.1 Å². The quantitative estimate of drug-likeness (QED) is 0.197. The summed E-state index contributed by atoms with van der Waals surface area (Å²) in [5.74, 6) is -0.557. The molecule has 4 aromatic rings. The second-order valence-electron chi connectivity index (χ2n) is 8.28. The predicted octanol–water partition coefficient (Wildman–Crippen LogP) is 6.15. The Labute approximate surface area is 213 Å². The molecule has 1 unspecified atom stereocenters. The van der Waals surface area contributed by atoms with Crippen molar-refractivity contribution in [1.29, 1.82) is 0 Å². The topological polar surface area (TPSA) is 79.7 Å². The molecule has 3 aromatic carbocycles. The fourth-order valence-corrected chi connectivity index (χ4v) is 4.43. The molecule has 7 heteroatoms. The molecule has 0 aliphatic carbocycles. The number of hydrogen-bond donors (Lipinski definition) is 1. The molecule has 1 aliphatic heterocycles. The van der Waals surface area contributed by atoms with Gasteiger partial charge in [0.15, 0.2) is 0 Å². The summed E-state index contributed by atoms with van der Waals surface area (Å²) >= 11 is 6.13. The second kappa shape index (κ2) is 10.1.